The van der Waals surface area contributed by atoms with E-state index >= 15 is 0 Å². The van der Waals surface area contributed by atoms with Crippen LogP contribution >= 0.6 is 31.5 Å². The maximum Gasteiger partial charge on any atom is 0.351 e. The lowest BCUT2D eigenvalue weighted by molar-refractivity contribution is 0.557. The molecule has 5 heteroatoms. The van der Waals surface area contributed by atoms with Crippen LogP contribution in [0.15, 0.2) is 33.5 Å². The van der Waals surface area contributed by atoms with Gasteiger partial charge in [-0.1, -0.05) is 12.1 Å². The van der Waals surface area contributed by atoms with Crippen molar-refractivity contribution in [1.29, 1.82) is 0 Å². The monoisotopic (exact) mass is 345 g/mol. The maximum absolute atomic E-state index is 11.6. The molecule has 0 bridgehead atoms. The van der Waals surface area contributed by atoms with Crippen LogP contribution in [-0.4, -0.2) is 5.42 Å². The van der Waals surface area contributed by atoms with Gasteiger partial charge in [-0.2, -0.15) is 0 Å². The summed E-state index contributed by atoms with van der Waals surface area (Å²) in [6.07, 6.45) is 0. The third-order valence-electron chi connectivity index (χ3n) is 2.07. The van der Waals surface area contributed by atoms with Crippen molar-refractivity contribution in [3.05, 3.63) is 38.3 Å². The first-order valence-electron chi connectivity index (χ1n) is 4.63. The number of anilines is 1. The summed E-state index contributed by atoms with van der Waals surface area (Å²) in [5, 5.41) is 4.01. The highest BCUT2D eigenvalue weighted by atomic mass is 127. The third kappa shape index (κ3) is 2.13. The molecule has 2 rings (SSSR count). The molecule has 0 aliphatic rings. The van der Waals surface area contributed by atoms with E-state index in [1.165, 1.54) is 0 Å². The molecule has 0 saturated carbocycles. The van der Waals surface area contributed by atoms with Crippen molar-refractivity contribution in [3.8, 4) is 0 Å². The summed E-state index contributed by atoms with van der Waals surface area (Å²) in [5.74, 6) is 0. The number of hydrogen-bond donors (Lipinski definition) is 1. The van der Waals surface area contributed by atoms with Crippen molar-refractivity contribution in [2.75, 3.05) is 5.32 Å². The normalized spacial score (nSPS) is 10.4. The van der Waals surface area contributed by atoms with Gasteiger partial charge in [0.15, 0.2) is 0 Å². The fourth-order valence-electron chi connectivity index (χ4n) is 1.44. The summed E-state index contributed by atoms with van der Waals surface area (Å²) in [6.45, 7) is 1.87. The fourth-order valence-corrected chi connectivity index (χ4v) is 2.10. The van der Waals surface area contributed by atoms with Gasteiger partial charge in [0.05, 0.1) is 5.69 Å². The fraction of sp³-hybridized carbons (Fsp3) is 0.0909. The van der Waals surface area contributed by atoms with Gasteiger partial charge >= 0.3 is 5.63 Å². The number of halogens is 1. The highest BCUT2D eigenvalue weighted by Crippen LogP contribution is 2.26. The van der Waals surface area contributed by atoms with E-state index in [4.69, 9.17) is 4.42 Å². The lowest BCUT2D eigenvalue weighted by Gasteiger charge is -2.09. The Kier molecular flexibility index (Phi) is 3.30. The van der Waals surface area contributed by atoms with Crippen molar-refractivity contribution < 1.29 is 4.42 Å². The van der Waals surface area contributed by atoms with Crippen molar-refractivity contribution >= 4 is 53.5 Å². The Balaban J connectivity index is 2.81. The first-order valence-corrected chi connectivity index (χ1v) is 6.21. The van der Waals surface area contributed by atoms with Crippen LogP contribution in [0.25, 0.3) is 11.0 Å². The Labute approximate surface area is 108 Å². The van der Waals surface area contributed by atoms with Crippen LogP contribution in [0.1, 0.15) is 6.92 Å². The van der Waals surface area contributed by atoms with Gasteiger partial charge in [0.25, 0.3) is 0 Å². The topological polar surface area (TPSA) is 42.2 Å². The molecule has 2 aromatic rings. The smallest absolute Gasteiger partial charge is 0.351 e. The summed E-state index contributed by atoms with van der Waals surface area (Å²) in [4.78, 5) is 11.6. The molecule has 0 amide bonds. The molecule has 1 heterocycles. The Morgan fingerprint density at radius 3 is 2.81 bits per heavy atom. The largest absolute Gasteiger partial charge is 0.422 e. The van der Waals surface area contributed by atoms with Crippen LogP contribution in [0.3, 0.4) is 0 Å². The van der Waals surface area contributed by atoms with Gasteiger partial charge in [-0.15, -0.1) is 8.86 Å². The Morgan fingerprint density at radius 2 is 2.12 bits per heavy atom. The van der Waals surface area contributed by atoms with Gasteiger partial charge in [0.2, 0.25) is 0 Å². The highest BCUT2D eigenvalue weighted by Gasteiger charge is 2.11. The molecule has 3 nitrogen and oxygen atoms in total. The molecular weight excluding hydrogens is 336 g/mol. The average molecular weight is 345 g/mol. The average Bonchev–Trinajstić information content (AvgIpc) is 2.24. The standard InChI is InChI=1S/C11H9INO2P/c1-6(16)13-10-7-4-2-3-5-8(7)15-11(14)9(10)12/h2-5,13,16H,1H3. The molecule has 0 spiro atoms. The molecule has 82 valence electrons. The van der Waals surface area contributed by atoms with E-state index in [0.29, 0.717) is 9.15 Å². The van der Waals surface area contributed by atoms with Gasteiger partial charge in [0.1, 0.15) is 9.15 Å². The van der Waals surface area contributed by atoms with Crippen LogP contribution in [0.5, 0.6) is 0 Å². The summed E-state index contributed by atoms with van der Waals surface area (Å²) < 4.78 is 5.74. The molecule has 0 aliphatic carbocycles. The maximum atomic E-state index is 11.6. The molecule has 0 aliphatic heterocycles. The zero-order valence-corrected chi connectivity index (χ0v) is 11.7. The number of para-hydroxylation sites is 1. The summed E-state index contributed by atoms with van der Waals surface area (Å²) in [5.41, 5.74) is 1.88. The molecule has 0 fully saturated rings. The molecular formula is C11H9INO2P. The van der Waals surface area contributed by atoms with Gasteiger partial charge in [-0.3, -0.25) is 0 Å². The van der Waals surface area contributed by atoms with E-state index in [0.717, 1.165) is 16.5 Å². The van der Waals surface area contributed by atoms with Crippen LogP contribution < -0.4 is 10.9 Å². The lowest BCUT2D eigenvalue weighted by Crippen LogP contribution is -2.12. The van der Waals surface area contributed by atoms with E-state index in [9.17, 15) is 4.79 Å². The van der Waals surface area contributed by atoms with Crippen molar-refractivity contribution in [3.63, 3.8) is 0 Å². The molecule has 1 aromatic heterocycles. The lowest BCUT2D eigenvalue weighted by atomic mass is 10.2. The Morgan fingerprint density at radius 1 is 1.44 bits per heavy atom. The number of fused-ring (bicyclic) bond motifs is 1. The van der Waals surface area contributed by atoms with Crippen LogP contribution in [-0.2, 0) is 0 Å². The Hall–Kier alpha value is -0.870. The summed E-state index contributed by atoms with van der Waals surface area (Å²) in [7, 11) is 3.38. The van der Waals surface area contributed by atoms with E-state index in [2.05, 4.69) is 14.2 Å². The number of nitrogens with one attached hydrogen (secondary N) is 1. The number of hydrogen-bond acceptors (Lipinski definition) is 2. The number of benzene rings is 1. The Bertz CT molecular complexity index is 621. The minimum Gasteiger partial charge on any atom is -0.422 e. The summed E-state index contributed by atoms with van der Waals surface area (Å²) >= 11 is 1.98. The van der Waals surface area contributed by atoms with Gasteiger partial charge < -0.3 is 9.73 Å². The highest BCUT2D eigenvalue weighted by molar-refractivity contribution is 14.1. The molecule has 1 aromatic carbocycles. The van der Waals surface area contributed by atoms with Gasteiger partial charge in [-0.05, 0) is 41.6 Å². The van der Waals surface area contributed by atoms with Crippen molar-refractivity contribution in [2.45, 2.75) is 6.92 Å². The second-order valence-corrected chi connectivity index (χ2v) is 5.15. The molecule has 16 heavy (non-hydrogen) atoms. The second-order valence-electron chi connectivity index (χ2n) is 3.32. The van der Waals surface area contributed by atoms with Crippen molar-refractivity contribution in [1.82, 2.24) is 0 Å². The SMILES string of the molecule is CC(=P)Nc1c(I)c(=O)oc2ccccc12. The van der Waals surface area contributed by atoms with Crippen LogP contribution in [0.4, 0.5) is 5.69 Å². The number of rotatable bonds is 2. The van der Waals surface area contributed by atoms with Crippen LogP contribution in [0, 0.1) is 3.57 Å². The van der Waals surface area contributed by atoms with Gasteiger partial charge in [-0.25, -0.2) is 4.79 Å². The second kappa shape index (κ2) is 4.55. The van der Waals surface area contributed by atoms with Crippen LogP contribution in [0.2, 0.25) is 0 Å². The first-order chi connectivity index (χ1) is 7.59. The molecule has 0 saturated heterocycles. The van der Waals surface area contributed by atoms with Gasteiger partial charge in [0, 0.05) is 10.8 Å². The zero-order chi connectivity index (χ0) is 11.7. The molecule has 0 radical (unpaired) electrons. The molecule has 0 unspecified atom stereocenters. The predicted octanol–water partition coefficient (Wildman–Crippen LogP) is 3.10. The van der Waals surface area contributed by atoms with E-state index in [-0.39, 0.29) is 5.63 Å². The quantitative estimate of drug-likeness (QED) is 0.517. The summed E-state index contributed by atoms with van der Waals surface area (Å²) in [6, 6.07) is 7.44. The molecule has 1 N–H and O–H groups in total. The minimum absolute atomic E-state index is 0.324. The van der Waals surface area contributed by atoms with Crippen molar-refractivity contribution in [2.24, 2.45) is 0 Å². The van der Waals surface area contributed by atoms with E-state index in [1.54, 1.807) is 6.07 Å². The van der Waals surface area contributed by atoms with E-state index in [1.807, 2.05) is 47.7 Å². The zero-order valence-electron chi connectivity index (χ0n) is 8.50. The van der Waals surface area contributed by atoms with E-state index < -0.39 is 0 Å². The third-order valence-corrected chi connectivity index (χ3v) is 3.18. The minimum atomic E-state index is -0.324. The predicted molar refractivity (Wildman–Crippen MR) is 77.8 cm³/mol. The molecule has 0 atom stereocenters. The first kappa shape index (κ1) is 11.6.